The Hall–Kier alpha value is -1.95. The molecule has 0 unspecified atom stereocenters. The number of hydrogen-bond acceptors (Lipinski definition) is 3. The van der Waals surface area contributed by atoms with E-state index < -0.39 is 5.95 Å². The summed E-state index contributed by atoms with van der Waals surface area (Å²) in [5.41, 5.74) is 1.84. The Morgan fingerprint density at radius 1 is 1.32 bits per heavy atom. The Balaban J connectivity index is 2.27. The van der Waals surface area contributed by atoms with E-state index in [9.17, 15) is 4.39 Å². The Morgan fingerprint density at radius 2 is 2.16 bits per heavy atom. The van der Waals surface area contributed by atoms with Crippen molar-refractivity contribution in [1.29, 1.82) is 0 Å². The van der Waals surface area contributed by atoms with Crippen LogP contribution < -0.4 is 4.74 Å². The van der Waals surface area contributed by atoms with Gasteiger partial charge < -0.3 is 4.74 Å². The number of hydrogen-bond donors (Lipinski definition) is 1. The summed E-state index contributed by atoms with van der Waals surface area (Å²) >= 11 is 3.37. The maximum Gasteiger partial charge on any atom is 0.224 e. The lowest BCUT2D eigenvalue weighted by molar-refractivity contribution is 0.411. The number of methoxy groups -OCH3 is 1. The van der Waals surface area contributed by atoms with E-state index in [4.69, 9.17) is 4.74 Å². The van der Waals surface area contributed by atoms with Crippen LogP contribution in [0, 0.1) is 5.95 Å². The normalized spacial score (nSPS) is 10.9. The van der Waals surface area contributed by atoms with E-state index in [1.165, 1.54) is 13.3 Å². The standard InChI is InChI=1S/C13H9BrFN3O/c1-19-10-4-5-16-13(15)11(10)7-2-3-9-8(6-7)12(14)18-17-9/h2-6H,1H3,(H,17,18). The summed E-state index contributed by atoms with van der Waals surface area (Å²) in [4.78, 5) is 3.67. The molecule has 4 nitrogen and oxygen atoms in total. The molecular formula is C13H9BrFN3O. The van der Waals surface area contributed by atoms with E-state index in [0.717, 1.165) is 15.5 Å². The monoisotopic (exact) mass is 321 g/mol. The fraction of sp³-hybridized carbons (Fsp3) is 0.0769. The lowest BCUT2D eigenvalue weighted by atomic mass is 10.0. The number of halogens is 2. The zero-order valence-electron chi connectivity index (χ0n) is 9.95. The second-order valence-electron chi connectivity index (χ2n) is 3.95. The quantitative estimate of drug-likeness (QED) is 0.734. The Labute approximate surface area is 116 Å². The molecule has 2 aromatic heterocycles. The number of aromatic nitrogens is 3. The predicted molar refractivity (Wildman–Crippen MR) is 73.5 cm³/mol. The van der Waals surface area contributed by atoms with Crippen LogP contribution in [0.5, 0.6) is 5.75 Å². The first-order chi connectivity index (χ1) is 9.20. The first kappa shape index (κ1) is 12.1. The first-order valence-electron chi connectivity index (χ1n) is 5.53. The summed E-state index contributed by atoms with van der Waals surface area (Å²) in [6, 6.07) is 7.08. The Kier molecular flexibility index (Phi) is 2.94. The lowest BCUT2D eigenvalue weighted by Gasteiger charge is -2.08. The highest BCUT2D eigenvalue weighted by atomic mass is 79.9. The molecule has 0 aliphatic rings. The highest BCUT2D eigenvalue weighted by Gasteiger charge is 2.14. The maximum atomic E-state index is 13.9. The maximum absolute atomic E-state index is 13.9. The molecule has 0 bridgehead atoms. The van der Waals surface area contributed by atoms with Gasteiger partial charge in [-0.15, -0.1) is 0 Å². The molecule has 0 spiro atoms. The lowest BCUT2D eigenvalue weighted by Crippen LogP contribution is -1.94. The third kappa shape index (κ3) is 1.98. The third-order valence-corrected chi connectivity index (χ3v) is 3.49. The van der Waals surface area contributed by atoms with Crippen molar-refractivity contribution < 1.29 is 9.13 Å². The number of H-pyrrole nitrogens is 1. The van der Waals surface area contributed by atoms with Gasteiger partial charge in [0.05, 0.1) is 18.2 Å². The minimum atomic E-state index is -0.557. The molecule has 19 heavy (non-hydrogen) atoms. The first-order valence-corrected chi connectivity index (χ1v) is 6.32. The van der Waals surface area contributed by atoms with Gasteiger partial charge in [0.2, 0.25) is 5.95 Å². The topological polar surface area (TPSA) is 50.8 Å². The third-order valence-electron chi connectivity index (χ3n) is 2.88. The molecule has 3 aromatic rings. The second-order valence-corrected chi connectivity index (χ2v) is 4.74. The molecule has 1 aromatic carbocycles. The van der Waals surface area contributed by atoms with Gasteiger partial charge in [-0.05, 0) is 39.7 Å². The van der Waals surface area contributed by atoms with Crippen LogP contribution in [-0.2, 0) is 0 Å². The van der Waals surface area contributed by atoms with Crippen LogP contribution in [0.2, 0.25) is 0 Å². The van der Waals surface area contributed by atoms with Gasteiger partial charge in [-0.2, -0.15) is 9.49 Å². The number of benzene rings is 1. The summed E-state index contributed by atoms with van der Waals surface area (Å²) in [6.07, 6.45) is 1.38. The van der Waals surface area contributed by atoms with E-state index in [0.29, 0.717) is 16.9 Å². The van der Waals surface area contributed by atoms with Crippen molar-refractivity contribution in [3.8, 4) is 16.9 Å². The summed E-state index contributed by atoms with van der Waals surface area (Å²) in [5.74, 6) is -0.107. The zero-order chi connectivity index (χ0) is 13.4. The van der Waals surface area contributed by atoms with Gasteiger partial charge in [0, 0.05) is 11.6 Å². The molecule has 0 aliphatic carbocycles. The van der Waals surface area contributed by atoms with Crippen molar-refractivity contribution in [1.82, 2.24) is 15.2 Å². The molecule has 0 amide bonds. The van der Waals surface area contributed by atoms with Crippen LogP contribution in [-0.4, -0.2) is 22.3 Å². The smallest absolute Gasteiger partial charge is 0.224 e. The van der Waals surface area contributed by atoms with E-state index in [1.807, 2.05) is 12.1 Å². The van der Waals surface area contributed by atoms with Crippen LogP contribution in [0.25, 0.3) is 22.0 Å². The van der Waals surface area contributed by atoms with Crippen LogP contribution in [0.3, 0.4) is 0 Å². The number of pyridine rings is 1. The van der Waals surface area contributed by atoms with E-state index in [-0.39, 0.29) is 0 Å². The van der Waals surface area contributed by atoms with Gasteiger partial charge in [-0.3, -0.25) is 5.10 Å². The van der Waals surface area contributed by atoms with Crippen molar-refractivity contribution in [2.75, 3.05) is 7.11 Å². The molecule has 0 saturated heterocycles. The molecule has 2 heterocycles. The summed E-state index contributed by atoms with van der Waals surface area (Å²) in [7, 11) is 1.50. The number of ether oxygens (including phenoxy) is 1. The van der Waals surface area contributed by atoms with Crippen molar-refractivity contribution >= 4 is 26.8 Å². The molecule has 3 rings (SSSR count). The van der Waals surface area contributed by atoms with Crippen molar-refractivity contribution in [2.45, 2.75) is 0 Å². The van der Waals surface area contributed by atoms with Gasteiger partial charge in [0.1, 0.15) is 10.4 Å². The van der Waals surface area contributed by atoms with Gasteiger partial charge in [0.25, 0.3) is 0 Å². The second kappa shape index (κ2) is 4.62. The van der Waals surface area contributed by atoms with E-state index in [1.54, 1.807) is 12.1 Å². The molecule has 0 fully saturated rings. The molecule has 6 heteroatoms. The molecule has 0 saturated carbocycles. The highest BCUT2D eigenvalue weighted by Crippen LogP contribution is 2.34. The molecule has 0 aliphatic heterocycles. The van der Waals surface area contributed by atoms with Crippen LogP contribution in [0.4, 0.5) is 4.39 Å². The van der Waals surface area contributed by atoms with Crippen molar-refractivity contribution in [2.24, 2.45) is 0 Å². The minimum Gasteiger partial charge on any atom is -0.496 e. The van der Waals surface area contributed by atoms with Crippen LogP contribution in [0.1, 0.15) is 0 Å². The average molecular weight is 322 g/mol. The van der Waals surface area contributed by atoms with Crippen molar-refractivity contribution in [3.05, 3.63) is 41.0 Å². The average Bonchev–Trinajstić information content (AvgIpc) is 2.79. The van der Waals surface area contributed by atoms with E-state index in [2.05, 4.69) is 31.1 Å². The fourth-order valence-corrected chi connectivity index (χ4v) is 2.39. The number of nitrogens with one attached hydrogen (secondary N) is 1. The number of fused-ring (bicyclic) bond motifs is 1. The molecule has 0 radical (unpaired) electrons. The van der Waals surface area contributed by atoms with Gasteiger partial charge in [0.15, 0.2) is 0 Å². The summed E-state index contributed by atoms with van der Waals surface area (Å²) in [5, 5.41) is 7.81. The minimum absolute atomic E-state index is 0.347. The summed E-state index contributed by atoms with van der Waals surface area (Å²) < 4.78 is 19.9. The highest BCUT2D eigenvalue weighted by molar-refractivity contribution is 9.10. The number of nitrogens with zero attached hydrogens (tertiary/aromatic N) is 2. The Bertz CT molecular complexity index is 757. The predicted octanol–water partition coefficient (Wildman–Crippen LogP) is 3.54. The van der Waals surface area contributed by atoms with Crippen LogP contribution in [0.15, 0.2) is 35.1 Å². The van der Waals surface area contributed by atoms with Crippen molar-refractivity contribution in [3.63, 3.8) is 0 Å². The van der Waals surface area contributed by atoms with Crippen LogP contribution >= 0.6 is 15.9 Å². The zero-order valence-corrected chi connectivity index (χ0v) is 11.5. The molecular weight excluding hydrogens is 313 g/mol. The summed E-state index contributed by atoms with van der Waals surface area (Å²) in [6.45, 7) is 0. The number of aromatic amines is 1. The SMILES string of the molecule is COc1ccnc(F)c1-c1ccc2n[nH]c(Br)c2c1. The molecule has 1 N–H and O–H groups in total. The molecule has 96 valence electrons. The fourth-order valence-electron chi connectivity index (χ4n) is 1.99. The van der Waals surface area contributed by atoms with Gasteiger partial charge in [-0.1, -0.05) is 6.07 Å². The Morgan fingerprint density at radius 3 is 2.95 bits per heavy atom. The number of rotatable bonds is 2. The van der Waals surface area contributed by atoms with Gasteiger partial charge in [-0.25, -0.2) is 4.98 Å². The molecule has 0 atom stereocenters. The van der Waals surface area contributed by atoms with Gasteiger partial charge >= 0.3 is 0 Å². The largest absolute Gasteiger partial charge is 0.496 e. The van der Waals surface area contributed by atoms with E-state index >= 15 is 0 Å².